The van der Waals surface area contributed by atoms with Crippen LogP contribution in [0.25, 0.3) is 0 Å². The molecule has 0 heterocycles. The van der Waals surface area contributed by atoms with Crippen molar-refractivity contribution in [3.8, 4) is 0 Å². The Labute approximate surface area is 113 Å². The molecule has 0 saturated carbocycles. The number of benzene rings is 1. The van der Waals surface area contributed by atoms with Gasteiger partial charge in [0, 0.05) is 19.2 Å². The lowest BCUT2D eigenvalue weighted by Gasteiger charge is -2.23. The van der Waals surface area contributed by atoms with Crippen LogP contribution in [0, 0.1) is 11.6 Å². The van der Waals surface area contributed by atoms with Gasteiger partial charge in [0.15, 0.2) is 11.6 Å². The summed E-state index contributed by atoms with van der Waals surface area (Å²) in [6.45, 7) is 3.10. The standard InChI is InChI=1S/C14H22F2N2O/c1-10(11-5-6-13(15)14(16)8-11)18-12(9-19-2)4-3-7-17/h5-6,8,10,12,18H,3-4,7,9,17H2,1-2H3. The van der Waals surface area contributed by atoms with Gasteiger partial charge in [-0.05, 0) is 44.0 Å². The average molecular weight is 272 g/mol. The molecule has 3 nitrogen and oxygen atoms in total. The fourth-order valence-corrected chi connectivity index (χ4v) is 2.01. The number of ether oxygens (including phenoxy) is 1. The second-order valence-corrected chi connectivity index (χ2v) is 4.65. The van der Waals surface area contributed by atoms with Crippen LogP contribution in [0.1, 0.15) is 31.4 Å². The predicted octanol–water partition coefficient (Wildman–Crippen LogP) is 2.37. The molecule has 0 fully saturated rings. The van der Waals surface area contributed by atoms with Gasteiger partial charge < -0.3 is 15.8 Å². The van der Waals surface area contributed by atoms with E-state index in [1.165, 1.54) is 6.07 Å². The minimum absolute atomic E-state index is 0.0759. The van der Waals surface area contributed by atoms with Crippen molar-refractivity contribution in [2.24, 2.45) is 5.73 Å². The predicted molar refractivity (Wildman–Crippen MR) is 71.9 cm³/mol. The Bertz CT molecular complexity index is 388. The number of nitrogens with one attached hydrogen (secondary N) is 1. The molecule has 0 aromatic heterocycles. The second-order valence-electron chi connectivity index (χ2n) is 4.65. The van der Waals surface area contributed by atoms with Crippen LogP contribution in [0.5, 0.6) is 0 Å². The Morgan fingerprint density at radius 1 is 1.32 bits per heavy atom. The highest BCUT2D eigenvalue weighted by atomic mass is 19.2. The van der Waals surface area contributed by atoms with Crippen LogP contribution in [0.2, 0.25) is 0 Å². The van der Waals surface area contributed by atoms with Crippen molar-refractivity contribution in [1.82, 2.24) is 5.32 Å². The van der Waals surface area contributed by atoms with E-state index in [-0.39, 0.29) is 12.1 Å². The Balaban J connectivity index is 2.63. The first-order valence-corrected chi connectivity index (χ1v) is 6.48. The highest BCUT2D eigenvalue weighted by Crippen LogP contribution is 2.17. The van der Waals surface area contributed by atoms with E-state index in [9.17, 15) is 8.78 Å². The first kappa shape index (κ1) is 16.0. The summed E-state index contributed by atoms with van der Waals surface area (Å²) in [7, 11) is 1.64. The highest BCUT2D eigenvalue weighted by molar-refractivity contribution is 5.20. The molecule has 0 aliphatic rings. The van der Waals surface area contributed by atoms with Gasteiger partial charge in [-0.2, -0.15) is 0 Å². The third-order valence-electron chi connectivity index (χ3n) is 3.05. The molecule has 0 spiro atoms. The molecule has 0 bridgehead atoms. The fourth-order valence-electron chi connectivity index (χ4n) is 2.01. The molecule has 0 saturated heterocycles. The summed E-state index contributed by atoms with van der Waals surface area (Å²) in [5, 5.41) is 3.35. The molecule has 3 N–H and O–H groups in total. The van der Waals surface area contributed by atoms with Gasteiger partial charge in [0.05, 0.1) is 6.61 Å². The number of hydrogen-bond acceptors (Lipinski definition) is 3. The van der Waals surface area contributed by atoms with E-state index in [1.54, 1.807) is 13.2 Å². The van der Waals surface area contributed by atoms with Gasteiger partial charge in [-0.3, -0.25) is 0 Å². The fraction of sp³-hybridized carbons (Fsp3) is 0.571. The molecule has 0 radical (unpaired) electrons. The van der Waals surface area contributed by atoms with Crippen LogP contribution >= 0.6 is 0 Å². The molecule has 0 aliphatic carbocycles. The first-order chi connectivity index (χ1) is 9.08. The maximum absolute atomic E-state index is 13.2. The third-order valence-corrected chi connectivity index (χ3v) is 3.05. The Hall–Kier alpha value is -1.04. The molecule has 0 aliphatic heterocycles. The third kappa shape index (κ3) is 5.22. The molecule has 5 heteroatoms. The van der Waals surface area contributed by atoms with E-state index in [4.69, 9.17) is 10.5 Å². The van der Waals surface area contributed by atoms with Crippen LogP contribution in [-0.2, 0) is 4.74 Å². The number of rotatable bonds is 8. The molecule has 1 aromatic carbocycles. The van der Waals surface area contributed by atoms with Crippen molar-refractivity contribution in [2.45, 2.75) is 31.8 Å². The Kier molecular flexibility index (Phi) is 6.91. The lowest BCUT2D eigenvalue weighted by atomic mass is 10.1. The molecule has 2 atom stereocenters. The van der Waals surface area contributed by atoms with Crippen LogP contribution in [-0.4, -0.2) is 26.3 Å². The van der Waals surface area contributed by atoms with Crippen LogP contribution < -0.4 is 11.1 Å². The second kappa shape index (κ2) is 8.19. The molecular formula is C14H22F2N2O. The lowest BCUT2D eigenvalue weighted by molar-refractivity contribution is 0.156. The van der Waals surface area contributed by atoms with Crippen molar-refractivity contribution >= 4 is 0 Å². The minimum Gasteiger partial charge on any atom is -0.383 e. The normalized spacial score (nSPS) is 14.4. The quantitative estimate of drug-likeness (QED) is 0.764. The summed E-state index contributed by atoms with van der Waals surface area (Å²) in [5.41, 5.74) is 6.21. The summed E-state index contributed by atoms with van der Waals surface area (Å²) in [6, 6.07) is 4.03. The Morgan fingerprint density at radius 3 is 2.63 bits per heavy atom. The molecule has 108 valence electrons. The maximum atomic E-state index is 13.2. The monoisotopic (exact) mass is 272 g/mol. The summed E-state index contributed by atoms with van der Waals surface area (Å²) < 4.78 is 31.2. The van der Waals surface area contributed by atoms with Gasteiger partial charge in [-0.15, -0.1) is 0 Å². The van der Waals surface area contributed by atoms with E-state index in [0.29, 0.717) is 18.7 Å². The van der Waals surface area contributed by atoms with E-state index in [1.807, 2.05) is 6.92 Å². The zero-order chi connectivity index (χ0) is 14.3. The van der Waals surface area contributed by atoms with Crippen molar-refractivity contribution in [3.63, 3.8) is 0 Å². The summed E-state index contributed by atoms with van der Waals surface area (Å²) >= 11 is 0. The average Bonchev–Trinajstić information content (AvgIpc) is 2.39. The van der Waals surface area contributed by atoms with Gasteiger partial charge in [0.25, 0.3) is 0 Å². The molecule has 19 heavy (non-hydrogen) atoms. The highest BCUT2D eigenvalue weighted by Gasteiger charge is 2.14. The first-order valence-electron chi connectivity index (χ1n) is 6.48. The van der Waals surface area contributed by atoms with Gasteiger partial charge in [0.1, 0.15) is 0 Å². The number of methoxy groups -OCH3 is 1. The maximum Gasteiger partial charge on any atom is 0.159 e. The largest absolute Gasteiger partial charge is 0.383 e. The smallest absolute Gasteiger partial charge is 0.159 e. The zero-order valence-electron chi connectivity index (χ0n) is 11.5. The van der Waals surface area contributed by atoms with Crippen molar-refractivity contribution in [1.29, 1.82) is 0 Å². The van der Waals surface area contributed by atoms with Crippen LogP contribution in [0.3, 0.4) is 0 Å². The number of halogens is 2. The van der Waals surface area contributed by atoms with E-state index >= 15 is 0 Å². The van der Waals surface area contributed by atoms with E-state index in [0.717, 1.165) is 18.9 Å². The van der Waals surface area contributed by atoms with Gasteiger partial charge in [0.2, 0.25) is 0 Å². The molecule has 1 rings (SSSR count). The van der Waals surface area contributed by atoms with Crippen LogP contribution in [0.15, 0.2) is 18.2 Å². The molecular weight excluding hydrogens is 250 g/mol. The number of hydrogen-bond donors (Lipinski definition) is 2. The summed E-state index contributed by atoms with van der Waals surface area (Å²) in [6.07, 6.45) is 1.78. The zero-order valence-corrected chi connectivity index (χ0v) is 11.5. The number of nitrogens with two attached hydrogens (primary N) is 1. The Morgan fingerprint density at radius 2 is 2.05 bits per heavy atom. The van der Waals surface area contributed by atoms with E-state index < -0.39 is 11.6 Å². The lowest BCUT2D eigenvalue weighted by Crippen LogP contribution is -2.35. The topological polar surface area (TPSA) is 47.3 Å². The minimum atomic E-state index is -0.826. The molecule has 0 amide bonds. The van der Waals surface area contributed by atoms with Gasteiger partial charge in [-0.1, -0.05) is 6.07 Å². The van der Waals surface area contributed by atoms with Crippen LogP contribution in [0.4, 0.5) is 8.78 Å². The summed E-state index contributed by atoms with van der Waals surface area (Å²) in [5.74, 6) is -1.65. The van der Waals surface area contributed by atoms with Gasteiger partial charge in [-0.25, -0.2) is 8.78 Å². The van der Waals surface area contributed by atoms with Crippen molar-refractivity contribution in [2.75, 3.05) is 20.3 Å². The van der Waals surface area contributed by atoms with Crippen molar-refractivity contribution < 1.29 is 13.5 Å². The molecule has 1 aromatic rings. The van der Waals surface area contributed by atoms with E-state index in [2.05, 4.69) is 5.32 Å². The molecule has 2 unspecified atom stereocenters. The summed E-state index contributed by atoms with van der Waals surface area (Å²) in [4.78, 5) is 0. The SMILES string of the molecule is COCC(CCCN)NC(C)c1ccc(F)c(F)c1. The van der Waals surface area contributed by atoms with Gasteiger partial charge >= 0.3 is 0 Å². The van der Waals surface area contributed by atoms with Crippen molar-refractivity contribution in [3.05, 3.63) is 35.4 Å².